The molecule has 0 amide bonds. The Labute approximate surface area is 119 Å². The molecule has 0 bridgehead atoms. The molecular weight excluding hydrogens is 250 g/mol. The van der Waals surface area contributed by atoms with E-state index in [9.17, 15) is 0 Å². The van der Waals surface area contributed by atoms with Gasteiger partial charge in [0.15, 0.2) is 0 Å². The Hall–Kier alpha value is -1.65. The van der Waals surface area contributed by atoms with E-state index in [0.29, 0.717) is 18.4 Å². The first kappa shape index (κ1) is 13.3. The predicted octanol–water partition coefficient (Wildman–Crippen LogP) is 2.43. The van der Waals surface area contributed by atoms with Crippen LogP contribution in [-0.2, 0) is 4.74 Å². The summed E-state index contributed by atoms with van der Waals surface area (Å²) >= 11 is 0. The number of aliphatic imine (C=N–C) groups is 1. The molecule has 0 saturated heterocycles. The lowest BCUT2D eigenvalue weighted by Crippen LogP contribution is -2.25. The fourth-order valence-electron chi connectivity index (χ4n) is 2.96. The van der Waals surface area contributed by atoms with Crippen molar-refractivity contribution in [3.8, 4) is 0 Å². The summed E-state index contributed by atoms with van der Waals surface area (Å²) in [6.07, 6.45) is 6.74. The molecule has 20 heavy (non-hydrogen) atoms. The van der Waals surface area contributed by atoms with Crippen LogP contribution in [0, 0.1) is 5.92 Å². The largest absolute Gasteiger partial charge is 0.387 e. The van der Waals surface area contributed by atoms with Crippen LogP contribution in [-0.4, -0.2) is 12.4 Å². The van der Waals surface area contributed by atoms with Gasteiger partial charge >= 0.3 is 0 Å². The minimum absolute atomic E-state index is 0.142. The number of rotatable bonds is 3. The molecule has 4 nitrogen and oxygen atoms in total. The summed E-state index contributed by atoms with van der Waals surface area (Å²) in [5.74, 6) is 1.02. The summed E-state index contributed by atoms with van der Waals surface area (Å²) in [5.41, 5.74) is 14.4. The molecular formula is C16H21N3O. The normalized spacial score (nSPS) is 28.9. The van der Waals surface area contributed by atoms with Crippen LogP contribution in [0.5, 0.6) is 0 Å². The second-order valence-electron chi connectivity index (χ2n) is 5.56. The van der Waals surface area contributed by atoms with E-state index in [1.807, 2.05) is 6.07 Å². The minimum atomic E-state index is 0.142. The highest BCUT2D eigenvalue weighted by Crippen LogP contribution is 2.37. The van der Waals surface area contributed by atoms with E-state index < -0.39 is 0 Å². The van der Waals surface area contributed by atoms with Gasteiger partial charge in [-0.2, -0.15) is 0 Å². The Morgan fingerprint density at radius 3 is 2.80 bits per heavy atom. The van der Waals surface area contributed by atoms with Crippen LogP contribution in [0.1, 0.15) is 42.5 Å². The van der Waals surface area contributed by atoms with Gasteiger partial charge in [0.25, 0.3) is 0 Å². The fourth-order valence-corrected chi connectivity index (χ4v) is 2.96. The van der Waals surface area contributed by atoms with Gasteiger partial charge < -0.3 is 16.2 Å². The first-order valence-electron chi connectivity index (χ1n) is 7.19. The van der Waals surface area contributed by atoms with E-state index in [1.165, 1.54) is 11.1 Å². The van der Waals surface area contributed by atoms with Crippen molar-refractivity contribution in [2.75, 3.05) is 6.61 Å². The zero-order valence-electron chi connectivity index (χ0n) is 11.5. The topological polar surface area (TPSA) is 73.6 Å². The third-order valence-electron chi connectivity index (χ3n) is 4.06. The van der Waals surface area contributed by atoms with E-state index in [-0.39, 0.29) is 12.1 Å². The number of hydrogen-bond acceptors (Lipinski definition) is 4. The van der Waals surface area contributed by atoms with Crippen molar-refractivity contribution < 1.29 is 4.74 Å². The van der Waals surface area contributed by atoms with Crippen molar-refractivity contribution >= 4 is 5.84 Å². The molecule has 1 aliphatic carbocycles. The highest BCUT2D eigenvalue weighted by atomic mass is 16.5. The van der Waals surface area contributed by atoms with Crippen LogP contribution < -0.4 is 11.5 Å². The van der Waals surface area contributed by atoms with Gasteiger partial charge in [-0.05, 0) is 24.0 Å². The van der Waals surface area contributed by atoms with Crippen LogP contribution in [0.25, 0.3) is 0 Å². The van der Waals surface area contributed by atoms with Gasteiger partial charge in [-0.1, -0.05) is 30.3 Å². The van der Waals surface area contributed by atoms with Crippen molar-refractivity contribution in [2.24, 2.45) is 22.4 Å². The Bertz CT molecular complexity index is 538. The summed E-state index contributed by atoms with van der Waals surface area (Å²) in [6, 6.07) is 8.48. The quantitative estimate of drug-likeness (QED) is 0.886. The fraction of sp³-hybridized carbons (Fsp3) is 0.438. The van der Waals surface area contributed by atoms with Crippen LogP contribution in [0.4, 0.5) is 0 Å². The summed E-state index contributed by atoms with van der Waals surface area (Å²) in [4.78, 5) is 4.06. The first-order chi connectivity index (χ1) is 9.74. The molecule has 1 aromatic carbocycles. The lowest BCUT2D eigenvalue weighted by Gasteiger charge is -2.30. The second kappa shape index (κ2) is 5.77. The molecule has 0 aromatic heterocycles. The molecule has 3 atom stereocenters. The average Bonchev–Trinajstić information content (AvgIpc) is 2.47. The zero-order chi connectivity index (χ0) is 13.9. The number of benzene rings is 1. The predicted molar refractivity (Wildman–Crippen MR) is 80.2 cm³/mol. The molecule has 4 N–H and O–H groups in total. The third kappa shape index (κ3) is 2.76. The van der Waals surface area contributed by atoms with Gasteiger partial charge in [0, 0.05) is 24.6 Å². The van der Waals surface area contributed by atoms with E-state index in [2.05, 4.69) is 29.3 Å². The minimum Gasteiger partial charge on any atom is -0.387 e. The molecule has 1 aromatic rings. The summed E-state index contributed by atoms with van der Waals surface area (Å²) in [6.45, 7) is 0.682. The molecule has 106 valence electrons. The maximum atomic E-state index is 6.17. The number of hydrogen-bond donors (Lipinski definition) is 2. The van der Waals surface area contributed by atoms with Crippen LogP contribution in [0.15, 0.2) is 41.5 Å². The van der Waals surface area contributed by atoms with Gasteiger partial charge in [-0.3, -0.25) is 0 Å². The van der Waals surface area contributed by atoms with Gasteiger partial charge in [-0.15, -0.1) is 0 Å². The van der Waals surface area contributed by atoms with Gasteiger partial charge in [0.1, 0.15) is 0 Å². The van der Waals surface area contributed by atoms with Gasteiger partial charge in [0.2, 0.25) is 0 Å². The van der Waals surface area contributed by atoms with Crippen LogP contribution >= 0.6 is 0 Å². The molecule has 3 rings (SSSR count). The number of fused-ring (bicyclic) bond motifs is 1. The Kier molecular flexibility index (Phi) is 3.85. The molecule has 0 spiro atoms. The van der Waals surface area contributed by atoms with Crippen molar-refractivity contribution in [3.63, 3.8) is 0 Å². The zero-order valence-corrected chi connectivity index (χ0v) is 11.5. The molecule has 0 saturated carbocycles. The van der Waals surface area contributed by atoms with Gasteiger partial charge in [0.05, 0.1) is 18.5 Å². The maximum absolute atomic E-state index is 6.17. The van der Waals surface area contributed by atoms with E-state index in [0.717, 1.165) is 19.3 Å². The summed E-state index contributed by atoms with van der Waals surface area (Å²) in [5, 5.41) is 0. The number of amidine groups is 1. The van der Waals surface area contributed by atoms with Crippen molar-refractivity contribution in [2.45, 2.75) is 31.4 Å². The lowest BCUT2D eigenvalue weighted by atomic mass is 9.86. The molecule has 0 radical (unpaired) electrons. The summed E-state index contributed by atoms with van der Waals surface area (Å²) in [7, 11) is 0. The second-order valence-corrected chi connectivity index (χ2v) is 5.56. The van der Waals surface area contributed by atoms with Crippen LogP contribution in [0.2, 0.25) is 0 Å². The molecule has 2 aliphatic rings. The highest BCUT2D eigenvalue weighted by Gasteiger charge is 2.26. The Morgan fingerprint density at radius 2 is 2.00 bits per heavy atom. The number of nitrogens with zero attached hydrogens (tertiary/aromatic N) is 1. The maximum Gasteiger partial charge on any atom is 0.0995 e. The summed E-state index contributed by atoms with van der Waals surface area (Å²) < 4.78 is 6.13. The number of ether oxygens (including phenoxy) is 1. The average molecular weight is 271 g/mol. The smallest absolute Gasteiger partial charge is 0.0995 e. The molecule has 1 unspecified atom stereocenters. The third-order valence-corrected chi connectivity index (χ3v) is 4.06. The Morgan fingerprint density at radius 1 is 1.20 bits per heavy atom. The molecule has 1 heterocycles. The van der Waals surface area contributed by atoms with Crippen molar-refractivity contribution in [1.29, 1.82) is 0 Å². The lowest BCUT2D eigenvalue weighted by molar-refractivity contribution is 0.0246. The van der Waals surface area contributed by atoms with E-state index in [4.69, 9.17) is 16.2 Å². The SMILES string of the molecule is NC1=NC=CC(CO[C@H]2CC[C@H](N)c3ccccc32)C1. The first-order valence-corrected chi connectivity index (χ1v) is 7.19. The molecule has 4 heteroatoms. The Balaban J connectivity index is 1.66. The monoisotopic (exact) mass is 271 g/mol. The van der Waals surface area contributed by atoms with Crippen LogP contribution in [0.3, 0.4) is 0 Å². The standard InChI is InChI=1S/C16H21N3O/c17-14-5-6-15(13-4-2-1-3-12(13)14)20-10-11-7-8-19-16(18)9-11/h1-4,7-8,11,14-15H,5-6,9-10,17H2,(H2,18,19)/t11?,14-,15-/m0/s1. The van der Waals surface area contributed by atoms with Crippen molar-refractivity contribution in [1.82, 2.24) is 0 Å². The number of nitrogens with two attached hydrogens (primary N) is 2. The highest BCUT2D eigenvalue weighted by molar-refractivity contribution is 5.82. The molecule has 0 fully saturated rings. The van der Waals surface area contributed by atoms with E-state index >= 15 is 0 Å². The van der Waals surface area contributed by atoms with Gasteiger partial charge in [-0.25, -0.2) is 4.99 Å². The van der Waals surface area contributed by atoms with Crippen molar-refractivity contribution in [3.05, 3.63) is 47.7 Å². The molecule has 1 aliphatic heterocycles. The van der Waals surface area contributed by atoms with E-state index in [1.54, 1.807) is 6.20 Å².